The van der Waals surface area contributed by atoms with E-state index in [-0.39, 0.29) is 29.8 Å². The van der Waals surface area contributed by atoms with Crippen LogP contribution < -0.4 is 24.8 Å². The van der Waals surface area contributed by atoms with Gasteiger partial charge in [-0.1, -0.05) is 0 Å². The van der Waals surface area contributed by atoms with Crippen molar-refractivity contribution in [1.82, 2.24) is 15.5 Å². The fraction of sp³-hybridized carbons (Fsp3) is 0.464. The van der Waals surface area contributed by atoms with Crippen molar-refractivity contribution in [3.05, 3.63) is 53.6 Å². The Kier molecular flexibility index (Phi) is 8.53. The number of carbonyl (C=O) groups is 3. The number of carbonyl (C=O) groups excluding carboxylic acids is 3. The zero-order valence-corrected chi connectivity index (χ0v) is 21.6. The lowest BCUT2D eigenvalue weighted by Gasteiger charge is -2.32. The molecule has 3 amide bonds. The van der Waals surface area contributed by atoms with Gasteiger partial charge in [-0.15, -0.1) is 0 Å². The summed E-state index contributed by atoms with van der Waals surface area (Å²) in [6, 6.07) is 11.7. The zero-order valence-electron chi connectivity index (χ0n) is 21.6. The molecule has 198 valence electrons. The first kappa shape index (κ1) is 26.3. The van der Waals surface area contributed by atoms with Crippen LogP contribution in [0, 0.1) is 0 Å². The second-order valence-electron chi connectivity index (χ2n) is 9.48. The van der Waals surface area contributed by atoms with Crippen molar-refractivity contribution in [2.45, 2.75) is 56.7 Å². The van der Waals surface area contributed by atoms with Gasteiger partial charge in [0, 0.05) is 30.3 Å². The van der Waals surface area contributed by atoms with E-state index in [1.807, 2.05) is 0 Å². The average Bonchev–Trinajstić information content (AvgIpc) is 3.43. The summed E-state index contributed by atoms with van der Waals surface area (Å²) in [5.41, 5.74) is 1.01. The maximum Gasteiger partial charge on any atom is 0.258 e. The fourth-order valence-corrected chi connectivity index (χ4v) is 5.10. The van der Waals surface area contributed by atoms with Crippen LogP contribution in [0.5, 0.6) is 17.2 Å². The molecular formula is C28H35N3O6. The van der Waals surface area contributed by atoms with Gasteiger partial charge in [0.1, 0.15) is 23.3 Å². The predicted molar refractivity (Wildman–Crippen MR) is 138 cm³/mol. The van der Waals surface area contributed by atoms with E-state index in [1.54, 1.807) is 61.6 Å². The molecule has 0 aromatic heterocycles. The molecule has 1 saturated heterocycles. The van der Waals surface area contributed by atoms with Crippen LogP contribution in [0.15, 0.2) is 42.5 Å². The molecule has 9 nitrogen and oxygen atoms in total. The van der Waals surface area contributed by atoms with Gasteiger partial charge in [-0.25, -0.2) is 0 Å². The minimum atomic E-state index is -0.508. The molecule has 0 unspecified atom stereocenters. The van der Waals surface area contributed by atoms with Crippen molar-refractivity contribution in [3.8, 4) is 17.2 Å². The van der Waals surface area contributed by atoms with E-state index >= 15 is 0 Å². The molecule has 2 aromatic carbocycles. The minimum absolute atomic E-state index is 0.0229. The smallest absolute Gasteiger partial charge is 0.258 e. The Hall–Kier alpha value is -3.75. The first-order valence-electron chi connectivity index (χ1n) is 12.7. The summed E-state index contributed by atoms with van der Waals surface area (Å²) >= 11 is 0. The van der Waals surface area contributed by atoms with Crippen molar-refractivity contribution in [2.75, 3.05) is 27.9 Å². The molecule has 0 radical (unpaired) electrons. The van der Waals surface area contributed by atoms with Gasteiger partial charge in [-0.3, -0.25) is 14.4 Å². The lowest BCUT2D eigenvalue weighted by atomic mass is 9.90. The minimum Gasteiger partial charge on any atom is -0.497 e. The number of hydrogen-bond donors (Lipinski definition) is 2. The average molecular weight is 510 g/mol. The molecule has 1 aliphatic heterocycles. The predicted octanol–water partition coefficient (Wildman–Crippen LogP) is 3.17. The molecule has 0 bridgehead atoms. The number of hydrogen-bond acceptors (Lipinski definition) is 6. The van der Waals surface area contributed by atoms with Crippen LogP contribution in [-0.2, 0) is 4.79 Å². The Labute approximate surface area is 217 Å². The summed E-state index contributed by atoms with van der Waals surface area (Å²) < 4.78 is 15.8. The van der Waals surface area contributed by atoms with E-state index in [2.05, 4.69) is 10.6 Å². The molecule has 1 aliphatic carbocycles. The number of benzene rings is 2. The lowest BCUT2D eigenvalue weighted by Crippen LogP contribution is -2.50. The number of methoxy groups -OCH3 is 3. The van der Waals surface area contributed by atoms with Crippen LogP contribution in [0.2, 0.25) is 0 Å². The number of rotatable bonds is 8. The van der Waals surface area contributed by atoms with Crippen LogP contribution >= 0.6 is 0 Å². The molecule has 4 rings (SSSR count). The first-order chi connectivity index (χ1) is 17.9. The molecule has 2 N–H and O–H groups in total. The molecule has 0 spiro atoms. The Balaban J connectivity index is 1.29. The van der Waals surface area contributed by atoms with Gasteiger partial charge in [0.25, 0.3) is 11.8 Å². The maximum absolute atomic E-state index is 13.3. The van der Waals surface area contributed by atoms with Gasteiger partial charge >= 0.3 is 0 Å². The van der Waals surface area contributed by atoms with Gasteiger partial charge in [0.15, 0.2) is 0 Å². The number of nitrogens with zero attached hydrogens (tertiary/aromatic N) is 1. The molecule has 37 heavy (non-hydrogen) atoms. The number of amides is 3. The van der Waals surface area contributed by atoms with Crippen molar-refractivity contribution in [1.29, 1.82) is 0 Å². The maximum atomic E-state index is 13.3. The van der Waals surface area contributed by atoms with E-state index in [4.69, 9.17) is 14.2 Å². The lowest BCUT2D eigenvalue weighted by molar-refractivity contribution is -0.125. The Morgan fingerprint density at radius 2 is 1.41 bits per heavy atom. The summed E-state index contributed by atoms with van der Waals surface area (Å²) in [6.07, 6.45) is 4.50. The largest absolute Gasteiger partial charge is 0.497 e. The summed E-state index contributed by atoms with van der Waals surface area (Å²) in [4.78, 5) is 40.7. The Morgan fingerprint density at radius 3 is 2.03 bits per heavy atom. The molecule has 2 aliphatic rings. The molecule has 1 heterocycles. The van der Waals surface area contributed by atoms with Crippen LogP contribution in [0.4, 0.5) is 0 Å². The van der Waals surface area contributed by atoms with Crippen LogP contribution in [0.1, 0.15) is 59.2 Å². The van der Waals surface area contributed by atoms with Gasteiger partial charge in [0.2, 0.25) is 5.91 Å². The number of nitrogens with one attached hydrogen (secondary N) is 2. The third-order valence-electron chi connectivity index (χ3n) is 7.22. The topological polar surface area (TPSA) is 106 Å². The van der Waals surface area contributed by atoms with Crippen molar-refractivity contribution >= 4 is 17.7 Å². The van der Waals surface area contributed by atoms with Gasteiger partial charge in [0.05, 0.1) is 26.9 Å². The van der Waals surface area contributed by atoms with E-state index in [9.17, 15) is 14.4 Å². The number of ether oxygens (including phenoxy) is 3. The highest BCUT2D eigenvalue weighted by molar-refractivity contribution is 6.00. The van der Waals surface area contributed by atoms with Gasteiger partial charge in [-0.05, 0) is 74.9 Å². The van der Waals surface area contributed by atoms with Crippen LogP contribution in [0.3, 0.4) is 0 Å². The van der Waals surface area contributed by atoms with Gasteiger partial charge < -0.3 is 29.7 Å². The SMILES string of the molecule is COc1ccc(C(=O)NC2CCC(NC(=O)[C@H]3CCCN3C(=O)c3ccc(OC)cc3OC)CC2)cc1. The van der Waals surface area contributed by atoms with E-state index in [0.29, 0.717) is 41.3 Å². The molecule has 2 aromatic rings. The monoisotopic (exact) mass is 509 g/mol. The normalized spacial score (nSPS) is 21.2. The molecule has 1 atom stereocenters. The molecule has 9 heteroatoms. The summed E-state index contributed by atoms with van der Waals surface area (Å²) in [6.45, 7) is 0.524. The first-order valence-corrected chi connectivity index (χ1v) is 12.7. The standard InChI is InChI=1S/C28H35N3O6/c1-35-21-12-6-18(7-13-21)26(32)29-19-8-10-20(11-9-19)30-27(33)24-5-4-16-31(24)28(34)23-15-14-22(36-2)17-25(23)37-3/h6-7,12-15,17,19-20,24H,4-5,8-11,16H2,1-3H3,(H,29,32)(H,30,33)/t19?,20?,24-/m1/s1. The van der Waals surface area contributed by atoms with Crippen molar-refractivity contribution < 1.29 is 28.6 Å². The quantitative estimate of drug-likeness (QED) is 0.566. The van der Waals surface area contributed by atoms with Crippen molar-refractivity contribution in [2.24, 2.45) is 0 Å². The highest BCUT2D eigenvalue weighted by Crippen LogP contribution is 2.29. The van der Waals surface area contributed by atoms with Crippen LogP contribution in [-0.4, -0.2) is 68.6 Å². The number of likely N-dealkylation sites (tertiary alicyclic amines) is 1. The third kappa shape index (κ3) is 6.15. The second kappa shape index (κ2) is 12.0. The summed E-state index contributed by atoms with van der Waals surface area (Å²) in [7, 11) is 4.65. The van der Waals surface area contributed by atoms with E-state index in [1.165, 1.54) is 7.11 Å². The van der Waals surface area contributed by atoms with E-state index < -0.39 is 6.04 Å². The molecule has 1 saturated carbocycles. The van der Waals surface area contributed by atoms with Crippen LogP contribution in [0.25, 0.3) is 0 Å². The highest BCUT2D eigenvalue weighted by atomic mass is 16.5. The Morgan fingerprint density at radius 1 is 0.784 bits per heavy atom. The van der Waals surface area contributed by atoms with E-state index in [0.717, 1.165) is 32.1 Å². The molecular weight excluding hydrogens is 474 g/mol. The fourth-order valence-electron chi connectivity index (χ4n) is 5.10. The molecule has 2 fully saturated rings. The second-order valence-corrected chi connectivity index (χ2v) is 9.48. The Bertz CT molecular complexity index is 1110. The third-order valence-corrected chi connectivity index (χ3v) is 7.22. The highest BCUT2D eigenvalue weighted by Gasteiger charge is 2.37. The van der Waals surface area contributed by atoms with Crippen molar-refractivity contribution in [3.63, 3.8) is 0 Å². The zero-order chi connectivity index (χ0) is 26.4. The van der Waals surface area contributed by atoms with Gasteiger partial charge in [-0.2, -0.15) is 0 Å². The summed E-state index contributed by atoms with van der Waals surface area (Å²) in [5, 5.41) is 6.25. The summed E-state index contributed by atoms with van der Waals surface area (Å²) in [5.74, 6) is 1.28.